The molecule has 126 valence electrons. The van der Waals surface area contributed by atoms with E-state index in [-0.39, 0.29) is 23.4 Å². The molecule has 1 saturated heterocycles. The molecule has 1 aromatic heterocycles. The number of hydrazine groups is 1. The van der Waals surface area contributed by atoms with Crippen molar-refractivity contribution in [2.45, 2.75) is 18.5 Å². The monoisotopic (exact) mass is 334 g/mol. The van der Waals surface area contributed by atoms with Crippen molar-refractivity contribution in [2.24, 2.45) is 0 Å². The van der Waals surface area contributed by atoms with Gasteiger partial charge in [-0.3, -0.25) is 15.2 Å². The van der Waals surface area contributed by atoms with Crippen LogP contribution in [0.15, 0.2) is 60.4 Å². The zero-order valence-corrected chi connectivity index (χ0v) is 13.8. The molecule has 2 unspecified atom stereocenters. The lowest BCUT2D eigenvalue weighted by Gasteiger charge is -2.07. The first-order chi connectivity index (χ1) is 12.2. The summed E-state index contributed by atoms with van der Waals surface area (Å²) in [7, 11) is 1.56. The summed E-state index contributed by atoms with van der Waals surface area (Å²) in [5.74, 6) is 0.372. The van der Waals surface area contributed by atoms with Crippen molar-refractivity contribution >= 4 is 5.78 Å². The Morgan fingerprint density at radius 3 is 2.76 bits per heavy atom. The van der Waals surface area contributed by atoms with Crippen LogP contribution in [-0.2, 0) is 0 Å². The lowest BCUT2D eigenvalue weighted by molar-refractivity contribution is 0.103. The van der Waals surface area contributed by atoms with E-state index in [2.05, 4.69) is 15.8 Å². The van der Waals surface area contributed by atoms with E-state index in [4.69, 9.17) is 4.74 Å². The highest BCUT2D eigenvalue weighted by molar-refractivity contribution is 6.11. The lowest BCUT2D eigenvalue weighted by atomic mass is 9.99. The number of methoxy groups -OCH3 is 1. The summed E-state index contributed by atoms with van der Waals surface area (Å²) in [6, 6.07) is 12.6. The van der Waals surface area contributed by atoms with Gasteiger partial charge in [0.2, 0.25) is 5.78 Å². The number of carbonyl (C=O) groups is 1. The van der Waals surface area contributed by atoms with E-state index in [0.717, 1.165) is 12.0 Å². The summed E-state index contributed by atoms with van der Waals surface area (Å²) in [6.07, 6.45) is 5.94. The quantitative estimate of drug-likeness (QED) is 0.496. The molecule has 1 fully saturated rings. The Morgan fingerprint density at radius 2 is 2.12 bits per heavy atom. The smallest absolute Gasteiger partial charge is 0.203 e. The van der Waals surface area contributed by atoms with Gasteiger partial charge in [-0.15, -0.1) is 0 Å². The standard InChI is InChI=1S/C19H18N4O2/c1-25-17-6-4-13(5-7-17)19(24)15(11-20)9-16-10-18(23-22-16)14-3-2-8-21-12-14/h2-9,12,16,18,22-23H,10H2,1H3/b15-9-. The Morgan fingerprint density at radius 1 is 1.32 bits per heavy atom. The molecule has 0 saturated carbocycles. The van der Waals surface area contributed by atoms with Gasteiger partial charge in [0.25, 0.3) is 0 Å². The molecule has 0 radical (unpaired) electrons. The number of ketones is 1. The zero-order chi connectivity index (χ0) is 17.6. The predicted molar refractivity (Wildman–Crippen MR) is 92.7 cm³/mol. The first-order valence-corrected chi connectivity index (χ1v) is 7.93. The third-order valence-corrected chi connectivity index (χ3v) is 4.10. The van der Waals surface area contributed by atoms with Crippen molar-refractivity contribution in [3.63, 3.8) is 0 Å². The third-order valence-electron chi connectivity index (χ3n) is 4.10. The summed E-state index contributed by atoms with van der Waals surface area (Å²) in [4.78, 5) is 16.6. The maximum absolute atomic E-state index is 12.5. The van der Waals surface area contributed by atoms with Gasteiger partial charge in [-0.25, -0.2) is 5.43 Å². The minimum atomic E-state index is -0.295. The van der Waals surface area contributed by atoms with Crippen LogP contribution in [0.25, 0.3) is 0 Å². The zero-order valence-electron chi connectivity index (χ0n) is 13.8. The number of nitrogens with one attached hydrogen (secondary N) is 2. The predicted octanol–water partition coefficient (Wildman–Crippen LogP) is 2.33. The molecule has 0 aliphatic carbocycles. The molecule has 6 nitrogen and oxygen atoms in total. The molecule has 2 heterocycles. The molecular weight excluding hydrogens is 316 g/mol. The molecule has 0 amide bonds. The van der Waals surface area contributed by atoms with E-state index in [1.54, 1.807) is 49.8 Å². The van der Waals surface area contributed by atoms with Crippen molar-refractivity contribution in [3.8, 4) is 11.8 Å². The number of nitriles is 1. The molecule has 25 heavy (non-hydrogen) atoms. The minimum Gasteiger partial charge on any atom is -0.497 e. The summed E-state index contributed by atoms with van der Waals surface area (Å²) in [5.41, 5.74) is 7.94. The third kappa shape index (κ3) is 3.91. The fraction of sp³-hybridized carbons (Fsp3) is 0.211. The summed E-state index contributed by atoms with van der Waals surface area (Å²) in [6.45, 7) is 0. The van der Waals surface area contributed by atoms with E-state index < -0.39 is 0 Å². The second kappa shape index (κ2) is 7.71. The van der Waals surface area contributed by atoms with E-state index in [1.807, 2.05) is 18.2 Å². The second-order valence-corrected chi connectivity index (χ2v) is 5.72. The number of aromatic nitrogens is 1. The SMILES string of the molecule is COc1ccc(C(=O)/C(C#N)=C\C2CC(c3cccnc3)NN2)cc1. The van der Waals surface area contributed by atoms with Crippen LogP contribution in [0.1, 0.15) is 28.4 Å². The van der Waals surface area contributed by atoms with Crippen LogP contribution >= 0.6 is 0 Å². The van der Waals surface area contributed by atoms with Crippen LogP contribution in [0.3, 0.4) is 0 Å². The van der Waals surface area contributed by atoms with Crippen LogP contribution in [0, 0.1) is 11.3 Å². The second-order valence-electron chi connectivity index (χ2n) is 5.72. The first-order valence-electron chi connectivity index (χ1n) is 7.93. The number of carbonyl (C=O) groups excluding carboxylic acids is 1. The molecule has 2 N–H and O–H groups in total. The highest BCUT2D eigenvalue weighted by Crippen LogP contribution is 2.23. The van der Waals surface area contributed by atoms with E-state index in [1.165, 1.54) is 0 Å². The highest BCUT2D eigenvalue weighted by Gasteiger charge is 2.25. The number of rotatable bonds is 5. The molecule has 1 aliphatic heterocycles. The largest absolute Gasteiger partial charge is 0.497 e. The lowest BCUT2D eigenvalue weighted by Crippen LogP contribution is -2.30. The van der Waals surface area contributed by atoms with Crippen molar-refractivity contribution in [1.82, 2.24) is 15.8 Å². The Hall–Kier alpha value is -3.01. The van der Waals surface area contributed by atoms with Gasteiger partial charge in [-0.05, 0) is 48.4 Å². The maximum atomic E-state index is 12.5. The van der Waals surface area contributed by atoms with Crippen molar-refractivity contribution in [1.29, 1.82) is 5.26 Å². The number of pyridine rings is 1. The highest BCUT2D eigenvalue weighted by atomic mass is 16.5. The Balaban J connectivity index is 1.72. The first kappa shape index (κ1) is 16.8. The van der Waals surface area contributed by atoms with Gasteiger partial charge >= 0.3 is 0 Å². The van der Waals surface area contributed by atoms with E-state index in [9.17, 15) is 10.1 Å². The topological polar surface area (TPSA) is 87.0 Å². The summed E-state index contributed by atoms with van der Waals surface area (Å²) < 4.78 is 5.08. The molecule has 0 bridgehead atoms. The summed E-state index contributed by atoms with van der Waals surface area (Å²) in [5, 5.41) is 9.38. The summed E-state index contributed by atoms with van der Waals surface area (Å²) >= 11 is 0. The van der Waals surface area contributed by atoms with Gasteiger partial charge in [0.1, 0.15) is 11.8 Å². The molecule has 1 aliphatic rings. The molecule has 0 spiro atoms. The fourth-order valence-electron chi connectivity index (χ4n) is 2.75. The number of benzene rings is 1. The van der Waals surface area contributed by atoms with Gasteiger partial charge in [0, 0.05) is 30.0 Å². The average Bonchev–Trinajstić information content (AvgIpc) is 3.15. The van der Waals surface area contributed by atoms with Crippen LogP contribution in [0.5, 0.6) is 5.75 Å². The van der Waals surface area contributed by atoms with E-state index >= 15 is 0 Å². The van der Waals surface area contributed by atoms with Crippen molar-refractivity contribution < 1.29 is 9.53 Å². The van der Waals surface area contributed by atoms with Crippen LogP contribution in [0.4, 0.5) is 0 Å². The van der Waals surface area contributed by atoms with Crippen LogP contribution in [0.2, 0.25) is 0 Å². The number of hydrogen-bond acceptors (Lipinski definition) is 6. The minimum absolute atomic E-state index is 0.0889. The number of ether oxygens (including phenoxy) is 1. The Labute approximate surface area is 146 Å². The van der Waals surface area contributed by atoms with Crippen LogP contribution < -0.4 is 15.6 Å². The van der Waals surface area contributed by atoms with Gasteiger partial charge in [-0.1, -0.05) is 6.07 Å². The molecule has 2 aromatic rings. The average molecular weight is 334 g/mol. The van der Waals surface area contributed by atoms with Gasteiger partial charge < -0.3 is 4.74 Å². The number of allylic oxidation sites excluding steroid dienone is 1. The number of hydrogen-bond donors (Lipinski definition) is 2. The number of Topliss-reactive ketones (excluding diaryl/α,β-unsaturated/α-hetero) is 1. The van der Waals surface area contributed by atoms with Crippen molar-refractivity contribution in [3.05, 3.63) is 71.6 Å². The molecule has 1 aromatic carbocycles. The fourth-order valence-corrected chi connectivity index (χ4v) is 2.75. The number of nitrogens with zero attached hydrogens (tertiary/aromatic N) is 2. The van der Waals surface area contributed by atoms with Crippen LogP contribution in [-0.4, -0.2) is 23.9 Å². The van der Waals surface area contributed by atoms with Gasteiger partial charge in [0.15, 0.2) is 0 Å². The maximum Gasteiger partial charge on any atom is 0.203 e. The molecule has 2 atom stereocenters. The van der Waals surface area contributed by atoms with E-state index in [0.29, 0.717) is 11.3 Å². The molecule has 3 rings (SSSR count). The van der Waals surface area contributed by atoms with Gasteiger partial charge in [-0.2, -0.15) is 5.26 Å². The Bertz CT molecular complexity index is 810. The Kier molecular flexibility index (Phi) is 5.19. The molecular formula is C19H18N4O2. The molecule has 6 heteroatoms. The normalized spacial score (nSPS) is 20.1. The van der Waals surface area contributed by atoms with Gasteiger partial charge in [0.05, 0.1) is 12.7 Å². The van der Waals surface area contributed by atoms with Crippen molar-refractivity contribution in [2.75, 3.05) is 7.11 Å².